The molecule has 0 fully saturated rings. The zero-order valence-corrected chi connectivity index (χ0v) is 5.81. The second-order valence-corrected chi connectivity index (χ2v) is 1.95. The lowest BCUT2D eigenvalue weighted by atomic mass is 10.1. The second-order valence-electron chi connectivity index (χ2n) is 1.95. The first kappa shape index (κ1) is 8.62. The van der Waals surface area contributed by atoms with Gasteiger partial charge in [0.2, 0.25) is 0 Å². The summed E-state index contributed by atoms with van der Waals surface area (Å²) in [4.78, 5) is 21.1. The Hall–Kier alpha value is -1.38. The number of hydrogen-bond acceptors (Lipinski definition) is 2. The molecule has 0 aromatic heterocycles. The fraction of sp³-hybridized carbons (Fsp3) is 0.143. The monoisotopic (exact) mass is 139 g/mol. The van der Waals surface area contributed by atoms with Gasteiger partial charge in [-0.25, -0.2) is 0 Å². The molecular weight excluding hydrogens is 130 g/mol. The van der Waals surface area contributed by atoms with Crippen molar-refractivity contribution >= 4 is 11.7 Å². The van der Waals surface area contributed by atoms with Gasteiger partial charge in [0.05, 0.1) is 5.57 Å². The molecule has 0 aliphatic heterocycles. The highest BCUT2D eigenvalue weighted by atomic mass is 16.2. The summed E-state index contributed by atoms with van der Waals surface area (Å²) in [6.07, 6.45) is 0. The van der Waals surface area contributed by atoms with Crippen LogP contribution in [0.5, 0.6) is 0 Å². The van der Waals surface area contributed by atoms with Crippen molar-refractivity contribution in [2.45, 2.75) is 6.92 Å². The number of primary amides is 1. The van der Waals surface area contributed by atoms with E-state index < -0.39 is 11.7 Å². The molecule has 0 unspecified atom stereocenters. The Morgan fingerprint density at radius 1 is 1.30 bits per heavy atom. The molecule has 0 atom stereocenters. The van der Waals surface area contributed by atoms with Crippen LogP contribution in [0, 0.1) is 0 Å². The molecule has 0 aliphatic carbocycles. The summed E-state index contributed by atoms with van der Waals surface area (Å²) in [6, 6.07) is 0. The van der Waals surface area contributed by atoms with Crippen LogP contribution in [-0.2, 0) is 9.59 Å². The molecule has 0 bridgehead atoms. The van der Waals surface area contributed by atoms with E-state index in [-0.39, 0.29) is 11.1 Å². The predicted octanol–water partition coefficient (Wildman–Crippen LogP) is 0.173. The standard InChI is InChI=1S/C7H9NO2/c1-4(2)6(9)5(3)7(8)10/h1,3H2,2H3,(H2,8,10). The van der Waals surface area contributed by atoms with Gasteiger partial charge in [0.1, 0.15) is 0 Å². The van der Waals surface area contributed by atoms with Gasteiger partial charge in [0, 0.05) is 0 Å². The predicted molar refractivity (Wildman–Crippen MR) is 38.2 cm³/mol. The molecule has 0 saturated heterocycles. The topological polar surface area (TPSA) is 60.2 Å². The Kier molecular flexibility index (Phi) is 2.55. The minimum atomic E-state index is -0.798. The number of rotatable bonds is 3. The summed E-state index contributed by atoms with van der Waals surface area (Å²) in [6.45, 7) is 8.03. The van der Waals surface area contributed by atoms with Crippen LogP contribution in [0.25, 0.3) is 0 Å². The summed E-state index contributed by atoms with van der Waals surface area (Å²) >= 11 is 0. The molecule has 0 aliphatic rings. The summed E-state index contributed by atoms with van der Waals surface area (Å²) in [5, 5.41) is 0. The minimum Gasteiger partial charge on any atom is -0.365 e. The SMILES string of the molecule is C=C(C)C(=O)C(=C)C(N)=O. The molecule has 0 rings (SSSR count). The van der Waals surface area contributed by atoms with Crippen LogP contribution in [0.4, 0.5) is 0 Å². The first-order valence-corrected chi connectivity index (χ1v) is 2.65. The molecule has 0 aromatic rings. The Bertz CT molecular complexity index is 192. The molecular formula is C7H9NO2. The quantitative estimate of drug-likeness (QED) is 0.344. The van der Waals surface area contributed by atoms with Crippen molar-refractivity contribution in [1.82, 2.24) is 0 Å². The highest BCUT2D eigenvalue weighted by Crippen LogP contribution is 1.99. The number of allylic oxidation sites excluding steroid dienone is 1. The highest BCUT2D eigenvalue weighted by molar-refractivity contribution is 6.24. The molecule has 10 heavy (non-hydrogen) atoms. The van der Waals surface area contributed by atoms with Gasteiger partial charge in [-0.2, -0.15) is 0 Å². The van der Waals surface area contributed by atoms with Gasteiger partial charge >= 0.3 is 0 Å². The first-order valence-electron chi connectivity index (χ1n) is 2.65. The van der Waals surface area contributed by atoms with Crippen LogP contribution in [0.2, 0.25) is 0 Å². The zero-order chi connectivity index (χ0) is 8.31. The van der Waals surface area contributed by atoms with E-state index >= 15 is 0 Å². The molecule has 1 amide bonds. The Balaban J connectivity index is 4.39. The summed E-state index contributed by atoms with van der Waals surface area (Å²) in [7, 11) is 0. The van der Waals surface area contributed by atoms with Crippen molar-refractivity contribution in [3.8, 4) is 0 Å². The maximum Gasteiger partial charge on any atom is 0.252 e. The van der Waals surface area contributed by atoms with E-state index in [9.17, 15) is 9.59 Å². The summed E-state index contributed by atoms with van der Waals surface area (Å²) < 4.78 is 0. The Morgan fingerprint density at radius 3 is 1.80 bits per heavy atom. The normalized spacial score (nSPS) is 8.50. The number of carbonyl (C=O) groups excluding carboxylic acids is 2. The fourth-order valence-electron chi connectivity index (χ4n) is 0.369. The third-order valence-electron chi connectivity index (χ3n) is 0.959. The largest absolute Gasteiger partial charge is 0.365 e. The van der Waals surface area contributed by atoms with E-state index in [0.29, 0.717) is 0 Å². The van der Waals surface area contributed by atoms with E-state index in [1.54, 1.807) is 0 Å². The number of carbonyl (C=O) groups is 2. The van der Waals surface area contributed by atoms with Gasteiger partial charge in [-0.1, -0.05) is 13.2 Å². The molecule has 3 nitrogen and oxygen atoms in total. The van der Waals surface area contributed by atoms with Crippen LogP contribution in [0.1, 0.15) is 6.92 Å². The minimum absolute atomic E-state index is 0.215. The van der Waals surface area contributed by atoms with Crippen LogP contribution >= 0.6 is 0 Å². The van der Waals surface area contributed by atoms with Crippen LogP contribution in [0.3, 0.4) is 0 Å². The van der Waals surface area contributed by atoms with Crippen molar-refractivity contribution < 1.29 is 9.59 Å². The lowest BCUT2D eigenvalue weighted by Crippen LogP contribution is -2.19. The fourth-order valence-corrected chi connectivity index (χ4v) is 0.369. The third kappa shape index (κ3) is 1.85. The number of ketones is 1. The van der Waals surface area contributed by atoms with Crippen LogP contribution in [0.15, 0.2) is 24.3 Å². The Labute approximate surface area is 59.2 Å². The summed E-state index contributed by atoms with van der Waals surface area (Å²) in [5.41, 5.74) is 4.83. The van der Waals surface area contributed by atoms with Gasteiger partial charge in [0.25, 0.3) is 5.91 Å². The van der Waals surface area contributed by atoms with Crippen LogP contribution in [-0.4, -0.2) is 11.7 Å². The van der Waals surface area contributed by atoms with E-state index in [1.165, 1.54) is 6.92 Å². The molecule has 0 saturated carbocycles. The van der Waals surface area contributed by atoms with Crippen molar-refractivity contribution in [1.29, 1.82) is 0 Å². The second kappa shape index (κ2) is 2.96. The van der Waals surface area contributed by atoms with Crippen molar-refractivity contribution in [2.75, 3.05) is 0 Å². The van der Waals surface area contributed by atoms with Gasteiger partial charge < -0.3 is 5.73 Å². The summed E-state index contributed by atoms with van der Waals surface area (Å²) in [5.74, 6) is -1.28. The molecule has 54 valence electrons. The lowest BCUT2D eigenvalue weighted by Gasteiger charge is -1.96. The lowest BCUT2D eigenvalue weighted by molar-refractivity contribution is -0.119. The van der Waals surface area contributed by atoms with Crippen molar-refractivity contribution in [3.05, 3.63) is 24.3 Å². The first-order chi connectivity index (χ1) is 4.46. The number of hydrogen-bond donors (Lipinski definition) is 1. The van der Waals surface area contributed by atoms with Gasteiger partial charge in [0.15, 0.2) is 5.78 Å². The van der Waals surface area contributed by atoms with E-state index in [1.807, 2.05) is 0 Å². The number of amides is 1. The average molecular weight is 139 g/mol. The van der Waals surface area contributed by atoms with Gasteiger partial charge in [-0.05, 0) is 12.5 Å². The molecule has 3 heteroatoms. The number of nitrogens with two attached hydrogens (primary N) is 1. The molecule has 0 spiro atoms. The van der Waals surface area contributed by atoms with Crippen LogP contribution < -0.4 is 5.73 Å². The molecule has 0 aromatic carbocycles. The molecule has 0 radical (unpaired) electrons. The maximum absolute atomic E-state index is 10.8. The molecule has 0 heterocycles. The van der Waals surface area contributed by atoms with Gasteiger partial charge in [-0.3, -0.25) is 9.59 Å². The van der Waals surface area contributed by atoms with E-state index in [2.05, 4.69) is 13.2 Å². The third-order valence-corrected chi connectivity index (χ3v) is 0.959. The van der Waals surface area contributed by atoms with E-state index in [4.69, 9.17) is 5.73 Å². The van der Waals surface area contributed by atoms with E-state index in [0.717, 1.165) is 0 Å². The smallest absolute Gasteiger partial charge is 0.252 e. The van der Waals surface area contributed by atoms with Crippen molar-refractivity contribution in [2.24, 2.45) is 5.73 Å². The maximum atomic E-state index is 10.8. The zero-order valence-electron chi connectivity index (χ0n) is 5.81. The molecule has 2 N–H and O–H groups in total. The van der Waals surface area contributed by atoms with Crippen molar-refractivity contribution in [3.63, 3.8) is 0 Å². The number of Topliss-reactive ketones (excluding diaryl/α,β-unsaturated/α-hetero) is 1. The van der Waals surface area contributed by atoms with Gasteiger partial charge in [-0.15, -0.1) is 0 Å². The highest BCUT2D eigenvalue weighted by Gasteiger charge is 2.11. The average Bonchev–Trinajstić information content (AvgIpc) is 1.84. The Morgan fingerprint density at radius 2 is 1.70 bits per heavy atom.